The quantitative estimate of drug-likeness (QED) is 0.570. The minimum Gasteiger partial charge on any atom is -0.466 e. The lowest BCUT2D eigenvalue weighted by molar-refractivity contribution is -0.143. The molecular formula is C16H18Cl2F2N2O2. The minimum atomic E-state index is -3.16. The molecule has 0 aromatic carbocycles. The summed E-state index contributed by atoms with van der Waals surface area (Å²) in [6, 6.07) is 1.52. The van der Waals surface area contributed by atoms with Crippen molar-refractivity contribution < 1.29 is 18.3 Å². The number of ether oxygens (including phenoxy) is 1. The van der Waals surface area contributed by atoms with E-state index in [0.717, 1.165) is 6.92 Å². The maximum absolute atomic E-state index is 13.7. The lowest BCUT2D eigenvalue weighted by Gasteiger charge is -2.25. The average molecular weight is 379 g/mol. The summed E-state index contributed by atoms with van der Waals surface area (Å²) in [5.74, 6) is -2.30. The molecular weight excluding hydrogens is 361 g/mol. The first-order valence-corrected chi connectivity index (χ1v) is 8.62. The number of carbonyl (C=O) groups is 1. The fourth-order valence-electron chi connectivity index (χ4n) is 3.57. The minimum absolute atomic E-state index is 0.00503. The van der Waals surface area contributed by atoms with E-state index in [4.69, 9.17) is 27.9 Å². The van der Waals surface area contributed by atoms with Gasteiger partial charge in [-0.25, -0.2) is 4.98 Å². The molecule has 1 aliphatic carbocycles. The van der Waals surface area contributed by atoms with E-state index in [1.807, 2.05) is 4.90 Å². The standard InChI is InChI=1S/C16H18Cl2F2N2O2/c1-3-24-13(23)4-8-9-6-22(7-10(8)9)11-5-12(17)21-15(14(11)18)16(2,19)20/h5,8-10H,3-4,6-7H2,1-2H3/t8?,9-,10+. The van der Waals surface area contributed by atoms with Gasteiger partial charge in [-0.2, -0.15) is 8.78 Å². The number of piperidine rings is 1. The maximum Gasteiger partial charge on any atom is 0.306 e. The Bertz CT molecular complexity index is 654. The van der Waals surface area contributed by atoms with Crippen LogP contribution in [0, 0.1) is 17.8 Å². The van der Waals surface area contributed by atoms with E-state index in [1.54, 1.807) is 6.92 Å². The van der Waals surface area contributed by atoms with Crippen LogP contribution in [0.1, 0.15) is 26.0 Å². The fourth-order valence-corrected chi connectivity index (χ4v) is 4.14. The SMILES string of the molecule is CCOC(=O)CC1[C@H]2CN(c3cc(Cl)nc(C(C)(F)F)c3Cl)C[C@@H]12. The molecule has 1 unspecified atom stereocenters. The van der Waals surface area contributed by atoms with Crippen molar-refractivity contribution >= 4 is 34.9 Å². The summed E-state index contributed by atoms with van der Waals surface area (Å²) in [5.41, 5.74) is -0.0226. The van der Waals surface area contributed by atoms with Gasteiger partial charge in [0.15, 0.2) is 0 Å². The predicted octanol–water partition coefficient (Wildman–Crippen LogP) is 4.14. The zero-order valence-electron chi connectivity index (χ0n) is 13.4. The molecule has 1 aromatic rings. The van der Waals surface area contributed by atoms with Gasteiger partial charge in [-0.1, -0.05) is 23.2 Å². The molecule has 1 saturated carbocycles. The van der Waals surface area contributed by atoms with Crippen LogP contribution in [0.3, 0.4) is 0 Å². The summed E-state index contributed by atoms with van der Waals surface area (Å²) >= 11 is 12.0. The summed E-state index contributed by atoms with van der Waals surface area (Å²) in [7, 11) is 0. The molecule has 2 fully saturated rings. The van der Waals surface area contributed by atoms with Crippen LogP contribution in [0.25, 0.3) is 0 Å². The van der Waals surface area contributed by atoms with Gasteiger partial charge < -0.3 is 9.64 Å². The third-order valence-corrected chi connectivity index (χ3v) is 5.31. The first kappa shape index (κ1) is 17.7. The van der Waals surface area contributed by atoms with Crippen molar-refractivity contribution in [3.63, 3.8) is 0 Å². The van der Waals surface area contributed by atoms with Crippen LogP contribution in [0.5, 0.6) is 0 Å². The molecule has 8 heteroatoms. The zero-order chi connectivity index (χ0) is 17.6. The number of aromatic nitrogens is 1. The molecule has 0 spiro atoms. The van der Waals surface area contributed by atoms with Crippen molar-refractivity contribution in [2.75, 3.05) is 24.6 Å². The molecule has 4 nitrogen and oxygen atoms in total. The summed E-state index contributed by atoms with van der Waals surface area (Å²) in [5, 5.41) is -0.0651. The van der Waals surface area contributed by atoms with Crippen molar-refractivity contribution in [3.05, 3.63) is 21.9 Å². The van der Waals surface area contributed by atoms with Crippen LogP contribution in [-0.2, 0) is 15.5 Å². The number of fused-ring (bicyclic) bond motifs is 1. The Morgan fingerprint density at radius 3 is 2.58 bits per heavy atom. The van der Waals surface area contributed by atoms with Crippen LogP contribution in [0.15, 0.2) is 6.07 Å². The van der Waals surface area contributed by atoms with Crippen molar-refractivity contribution in [1.82, 2.24) is 4.98 Å². The van der Waals surface area contributed by atoms with Gasteiger partial charge in [0.2, 0.25) is 0 Å². The van der Waals surface area contributed by atoms with Gasteiger partial charge in [0.05, 0.1) is 17.3 Å². The molecule has 1 saturated heterocycles. The van der Waals surface area contributed by atoms with E-state index in [9.17, 15) is 13.6 Å². The summed E-state index contributed by atoms with van der Waals surface area (Å²) < 4.78 is 32.3. The molecule has 0 N–H and O–H groups in total. The number of carbonyl (C=O) groups excluding carboxylic acids is 1. The van der Waals surface area contributed by atoms with E-state index in [2.05, 4.69) is 4.98 Å². The number of esters is 1. The first-order chi connectivity index (χ1) is 11.2. The Kier molecular flexibility index (Phi) is 4.64. The van der Waals surface area contributed by atoms with Crippen LogP contribution in [0.4, 0.5) is 14.5 Å². The van der Waals surface area contributed by atoms with E-state index in [-0.39, 0.29) is 16.1 Å². The number of nitrogens with zero attached hydrogens (tertiary/aromatic N) is 2. The predicted molar refractivity (Wildman–Crippen MR) is 87.8 cm³/mol. The summed E-state index contributed by atoms with van der Waals surface area (Å²) in [4.78, 5) is 17.2. The Hall–Kier alpha value is -1.14. The smallest absolute Gasteiger partial charge is 0.306 e. The maximum atomic E-state index is 13.7. The fraction of sp³-hybridized carbons (Fsp3) is 0.625. The van der Waals surface area contributed by atoms with Gasteiger partial charge in [-0.15, -0.1) is 0 Å². The third kappa shape index (κ3) is 3.31. The van der Waals surface area contributed by atoms with Gasteiger partial charge in [-0.05, 0) is 24.7 Å². The number of pyridine rings is 1. The molecule has 132 valence electrons. The second-order valence-electron chi connectivity index (χ2n) is 6.42. The Morgan fingerprint density at radius 2 is 2.04 bits per heavy atom. The van der Waals surface area contributed by atoms with E-state index in [1.165, 1.54) is 6.07 Å². The van der Waals surface area contributed by atoms with Crippen molar-refractivity contribution in [1.29, 1.82) is 0 Å². The van der Waals surface area contributed by atoms with Crippen molar-refractivity contribution in [2.45, 2.75) is 26.2 Å². The lowest BCUT2D eigenvalue weighted by atomic mass is 10.1. The second kappa shape index (κ2) is 6.30. The van der Waals surface area contributed by atoms with E-state index >= 15 is 0 Å². The Labute approximate surface area is 149 Å². The highest BCUT2D eigenvalue weighted by Crippen LogP contribution is 2.55. The third-order valence-electron chi connectivity index (χ3n) is 4.74. The number of rotatable bonds is 5. The van der Waals surface area contributed by atoms with Gasteiger partial charge in [0.1, 0.15) is 10.8 Å². The molecule has 3 rings (SSSR count). The monoisotopic (exact) mass is 378 g/mol. The molecule has 1 aliphatic heterocycles. The highest BCUT2D eigenvalue weighted by atomic mass is 35.5. The zero-order valence-corrected chi connectivity index (χ0v) is 14.9. The topological polar surface area (TPSA) is 42.4 Å². The highest BCUT2D eigenvalue weighted by molar-refractivity contribution is 6.35. The molecule has 0 amide bonds. The van der Waals surface area contributed by atoms with Gasteiger partial charge in [0.25, 0.3) is 5.92 Å². The van der Waals surface area contributed by atoms with Gasteiger partial charge in [-0.3, -0.25) is 4.79 Å². The number of alkyl halides is 2. The molecule has 2 aliphatic rings. The molecule has 1 aromatic heterocycles. The van der Waals surface area contributed by atoms with E-state index < -0.39 is 11.6 Å². The van der Waals surface area contributed by atoms with Crippen LogP contribution in [0.2, 0.25) is 10.2 Å². The molecule has 24 heavy (non-hydrogen) atoms. The van der Waals surface area contributed by atoms with Crippen LogP contribution >= 0.6 is 23.2 Å². The number of halogens is 4. The van der Waals surface area contributed by atoms with Crippen molar-refractivity contribution in [3.8, 4) is 0 Å². The number of hydrogen-bond acceptors (Lipinski definition) is 4. The average Bonchev–Trinajstić information content (AvgIpc) is 2.93. The van der Waals surface area contributed by atoms with Gasteiger partial charge >= 0.3 is 5.97 Å². The van der Waals surface area contributed by atoms with E-state index in [0.29, 0.717) is 49.6 Å². The highest BCUT2D eigenvalue weighted by Gasteiger charge is 2.56. The van der Waals surface area contributed by atoms with Crippen molar-refractivity contribution in [2.24, 2.45) is 17.8 Å². The first-order valence-electron chi connectivity index (χ1n) is 7.87. The summed E-state index contributed by atoms with van der Waals surface area (Å²) in [6.45, 7) is 4.25. The van der Waals surface area contributed by atoms with Crippen LogP contribution < -0.4 is 4.90 Å². The second-order valence-corrected chi connectivity index (χ2v) is 7.19. The Balaban J connectivity index is 1.71. The van der Waals surface area contributed by atoms with Gasteiger partial charge in [0, 0.05) is 32.5 Å². The molecule has 0 bridgehead atoms. The van der Waals surface area contributed by atoms with Crippen LogP contribution in [-0.4, -0.2) is 30.6 Å². The Morgan fingerprint density at radius 1 is 1.42 bits per heavy atom. The molecule has 0 radical (unpaired) electrons. The lowest BCUT2D eigenvalue weighted by Crippen LogP contribution is -2.26. The molecule has 3 atom stereocenters. The largest absolute Gasteiger partial charge is 0.466 e. The normalized spacial score (nSPS) is 25.6. The number of hydrogen-bond donors (Lipinski definition) is 0. The number of anilines is 1. The summed E-state index contributed by atoms with van der Waals surface area (Å²) in [6.07, 6.45) is 0.417. The molecule has 2 heterocycles.